The predicted molar refractivity (Wildman–Crippen MR) is 61.4 cm³/mol. The van der Waals surface area contributed by atoms with Crippen LogP contribution in [0.3, 0.4) is 0 Å². The molecule has 2 rings (SSSR count). The Morgan fingerprint density at radius 1 is 1.00 bits per heavy atom. The highest BCUT2D eigenvalue weighted by molar-refractivity contribution is 8.13. The van der Waals surface area contributed by atoms with E-state index < -0.39 is 9.05 Å². The minimum absolute atomic E-state index is 0.0854. The summed E-state index contributed by atoms with van der Waals surface area (Å²) in [5, 5.41) is 1.69. The lowest BCUT2D eigenvalue weighted by Gasteiger charge is -2.01. The maximum atomic E-state index is 11.1. The molecule has 0 saturated carbocycles. The Hall–Kier alpha value is -1.26. The van der Waals surface area contributed by atoms with Crippen molar-refractivity contribution < 1.29 is 8.42 Å². The highest BCUT2D eigenvalue weighted by atomic mass is 35.7. The first-order valence-electron chi connectivity index (χ1n) is 4.21. The van der Waals surface area contributed by atoms with Crippen LogP contribution in [0, 0.1) is 0 Å². The fourth-order valence-electron chi connectivity index (χ4n) is 1.39. The van der Waals surface area contributed by atoms with Gasteiger partial charge in [-0.05, 0) is 35.0 Å². The number of fused-ring (bicyclic) bond motifs is 1. The summed E-state index contributed by atoms with van der Waals surface area (Å²) < 4.78 is 22.2. The molecule has 0 aliphatic heterocycles. The first kappa shape index (κ1) is 10.3. The molecule has 2 aromatic rings. The van der Waals surface area contributed by atoms with Gasteiger partial charge < -0.3 is 5.73 Å². The molecule has 0 amide bonds. The number of halogens is 1. The van der Waals surface area contributed by atoms with Gasteiger partial charge in [-0.15, -0.1) is 0 Å². The molecule has 2 aromatic carbocycles. The zero-order valence-corrected chi connectivity index (χ0v) is 9.22. The molecule has 0 heterocycles. The topological polar surface area (TPSA) is 60.2 Å². The molecule has 0 radical (unpaired) electrons. The summed E-state index contributed by atoms with van der Waals surface area (Å²) in [5.74, 6) is 0. The fourth-order valence-corrected chi connectivity index (χ4v) is 2.18. The van der Waals surface area contributed by atoms with E-state index in [0.717, 1.165) is 10.8 Å². The first-order valence-corrected chi connectivity index (χ1v) is 6.52. The van der Waals surface area contributed by atoms with Crippen molar-refractivity contribution in [2.75, 3.05) is 5.73 Å². The molecule has 0 atom stereocenters. The Morgan fingerprint density at radius 2 is 1.67 bits per heavy atom. The van der Waals surface area contributed by atoms with Crippen LogP contribution in [0.4, 0.5) is 5.69 Å². The van der Waals surface area contributed by atoms with Crippen LogP contribution in [-0.4, -0.2) is 8.42 Å². The van der Waals surface area contributed by atoms with Gasteiger partial charge in [0.25, 0.3) is 9.05 Å². The smallest absolute Gasteiger partial charge is 0.261 e. The number of nitrogen functional groups attached to an aromatic ring is 1. The van der Waals surface area contributed by atoms with Crippen molar-refractivity contribution in [3.05, 3.63) is 36.4 Å². The van der Waals surface area contributed by atoms with Crippen LogP contribution in [-0.2, 0) is 9.05 Å². The fraction of sp³-hybridized carbons (Fsp3) is 0. The molecular formula is C10H8ClNO2S. The first-order chi connectivity index (χ1) is 6.97. The Balaban J connectivity index is 2.75. The quantitative estimate of drug-likeness (QED) is 0.616. The second-order valence-electron chi connectivity index (χ2n) is 3.21. The standard InChI is InChI=1S/C10H8ClNO2S/c11-15(13,14)10-4-2-7-1-3-9(12)5-8(7)6-10/h1-6H,12H2. The number of hydrogen-bond acceptors (Lipinski definition) is 3. The van der Waals surface area contributed by atoms with E-state index in [-0.39, 0.29) is 4.90 Å². The molecule has 2 N–H and O–H groups in total. The number of hydrogen-bond donors (Lipinski definition) is 1. The molecule has 0 saturated heterocycles. The molecule has 0 aliphatic rings. The predicted octanol–water partition coefficient (Wildman–Crippen LogP) is 2.35. The third kappa shape index (κ3) is 2.06. The van der Waals surface area contributed by atoms with Crippen LogP contribution in [0.1, 0.15) is 0 Å². The Kier molecular flexibility index (Phi) is 2.32. The lowest BCUT2D eigenvalue weighted by Crippen LogP contribution is -1.90. The van der Waals surface area contributed by atoms with Crippen molar-refractivity contribution in [3.8, 4) is 0 Å². The van der Waals surface area contributed by atoms with Gasteiger partial charge in [-0.3, -0.25) is 0 Å². The SMILES string of the molecule is Nc1ccc2ccc(S(=O)(=O)Cl)cc2c1. The van der Waals surface area contributed by atoms with Crippen LogP contribution in [0.15, 0.2) is 41.3 Å². The van der Waals surface area contributed by atoms with Crippen LogP contribution in [0.2, 0.25) is 0 Å². The normalized spacial score (nSPS) is 11.8. The van der Waals surface area contributed by atoms with E-state index in [2.05, 4.69) is 0 Å². The second kappa shape index (κ2) is 3.40. The summed E-state index contributed by atoms with van der Waals surface area (Å²) in [4.78, 5) is 0.0854. The summed E-state index contributed by atoms with van der Waals surface area (Å²) >= 11 is 0. The van der Waals surface area contributed by atoms with Gasteiger partial charge >= 0.3 is 0 Å². The Morgan fingerprint density at radius 3 is 2.33 bits per heavy atom. The van der Waals surface area contributed by atoms with E-state index in [4.69, 9.17) is 16.4 Å². The number of benzene rings is 2. The maximum absolute atomic E-state index is 11.1. The summed E-state index contributed by atoms with van der Waals surface area (Å²) in [7, 11) is 1.56. The largest absolute Gasteiger partial charge is 0.399 e. The molecule has 78 valence electrons. The molecular weight excluding hydrogens is 234 g/mol. The second-order valence-corrected chi connectivity index (χ2v) is 5.77. The van der Waals surface area contributed by atoms with Crippen molar-refractivity contribution in [2.45, 2.75) is 4.90 Å². The molecule has 15 heavy (non-hydrogen) atoms. The van der Waals surface area contributed by atoms with Gasteiger partial charge in [-0.2, -0.15) is 0 Å². The van der Waals surface area contributed by atoms with Crippen molar-refractivity contribution in [2.24, 2.45) is 0 Å². The minimum Gasteiger partial charge on any atom is -0.399 e. The van der Waals surface area contributed by atoms with Crippen LogP contribution < -0.4 is 5.73 Å². The molecule has 0 spiro atoms. The van der Waals surface area contributed by atoms with Gasteiger partial charge in [-0.1, -0.05) is 12.1 Å². The van der Waals surface area contributed by atoms with Crippen molar-refractivity contribution in [1.82, 2.24) is 0 Å². The summed E-state index contributed by atoms with van der Waals surface area (Å²) in [5.41, 5.74) is 6.19. The molecule has 0 aromatic heterocycles. The molecule has 3 nitrogen and oxygen atoms in total. The van der Waals surface area contributed by atoms with Gasteiger partial charge in [0, 0.05) is 16.4 Å². The van der Waals surface area contributed by atoms with Crippen LogP contribution in [0.25, 0.3) is 10.8 Å². The third-order valence-corrected chi connectivity index (χ3v) is 3.47. The zero-order chi connectivity index (χ0) is 11.1. The van der Waals surface area contributed by atoms with Crippen molar-refractivity contribution in [1.29, 1.82) is 0 Å². The van der Waals surface area contributed by atoms with Gasteiger partial charge in [0.1, 0.15) is 0 Å². The Bertz CT molecular complexity index is 622. The lowest BCUT2D eigenvalue weighted by molar-refractivity contribution is 0.609. The van der Waals surface area contributed by atoms with Crippen molar-refractivity contribution >= 4 is 36.2 Å². The van der Waals surface area contributed by atoms with Crippen LogP contribution in [0.5, 0.6) is 0 Å². The van der Waals surface area contributed by atoms with Crippen LogP contribution >= 0.6 is 10.7 Å². The van der Waals surface area contributed by atoms with E-state index in [1.165, 1.54) is 12.1 Å². The van der Waals surface area contributed by atoms with Gasteiger partial charge in [0.05, 0.1) is 4.90 Å². The molecule has 5 heteroatoms. The Labute approximate surface area is 91.9 Å². The monoisotopic (exact) mass is 241 g/mol. The van der Waals surface area contributed by atoms with E-state index in [1.54, 1.807) is 18.2 Å². The average molecular weight is 242 g/mol. The summed E-state index contributed by atoms with van der Waals surface area (Å²) in [6.07, 6.45) is 0. The van der Waals surface area contributed by atoms with Gasteiger partial charge in [0.2, 0.25) is 0 Å². The number of anilines is 1. The summed E-state index contributed by atoms with van der Waals surface area (Å²) in [6.45, 7) is 0. The highest BCUT2D eigenvalue weighted by Gasteiger charge is 2.09. The third-order valence-electron chi connectivity index (χ3n) is 2.12. The molecule has 0 bridgehead atoms. The number of rotatable bonds is 1. The van der Waals surface area contributed by atoms with Gasteiger partial charge in [0.15, 0.2) is 0 Å². The average Bonchev–Trinajstić information content (AvgIpc) is 2.15. The van der Waals surface area contributed by atoms with Crippen molar-refractivity contribution in [3.63, 3.8) is 0 Å². The van der Waals surface area contributed by atoms with E-state index >= 15 is 0 Å². The van der Waals surface area contributed by atoms with E-state index in [1.807, 2.05) is 6.07 Å². The van der Waals surface area contributed by atoms with E-state index in [9.17, 15) is 8.42 Å². The minimum atomic E-state index is -3.68. The highest BCUT2D eigenvalue weighted by Crippen LogP contribution is 2.23. The zero-order valence-electron chi connectivity index (χ0n) is 7.64. The summed E-state index contributed by atoms with van der Waals surface area (Å²) in [6, 6.07) is 9.98. The van der Waals surface area contributed by atoms with Gasteiger partial charge in [-0.25, -0.2) is 8.42 Å². The number of nitrogens with two attached hydrogens (primary N) is 1. The lowest BCUT2D eigenvalue weighted by atomic mass is 10.1. The van der Waals surface area contributed by atoms with E-state index in [0.29, 0.717) is 5.69 Å². The molecule has 0 fully saturated rings. The molecule has 0 unspecified atom stereocenters. The maximum Gasteiger partial charge on any atom is 0.261 e. The molecule has 0 aliphatic carbocycles.